The number of methoxy groups -OCH3 is 1. The fourth-order valence-electron chi connectivity index (χ4n) is 3.31. The summed E-state index contributed by atoms with van der Waals surface area (Å²) < 4.78 is 13.3. The van der Waals surface area contributed by atoms with Crippen molar-refractivity contribution >= 4 is 16.6 Å². The second kappa shape index (κ2) is 8.48. The number of morpholine rings is 1. The van der Waals surface area contributed by atoms with E-state index in [9.17, 15) is 9.59 Å². The minimum absolute atomic E-state index is 0.225. The van der Waals surface area contributed by atoms with Gasteiger partial charge in [0.1, 0.15) is 0 Å². The van der Waals surface area contributed by atoms with Crippen LogP contribution < -0.4 is 17.0 Å². The first-order valence-corrected chi connectivity index (χ1v) is 8.93. The largest absolute Gasteiger partial charge is 0.399 e. The lowest BCUT2D eigenvalue weighted by Gasteiger charge is -2.26. The van der Waals surface area contributed by atoms with E-state index in [2.05, 4.69) is 4.90 Å². The number of nitrogens with two attached hydrogens (primary N) is 1. The van der Waals surface area contributed by atoms with E-state index in [4.69, 9.17) is 15.2 Å². The molecule has 3 rings (SSSR count). The summed E-state index contributed by atoms with van der Waals surface area (Å²) in [5, 5.41) is 0.465. The Balaban J connectivity index is 1.91. The molecule has 2 N–H and O–H groups in total. The maximum Gasteiger partial charge on any atom is 0.331 e. The molecule has 0 spiro atoms. The van der Waals surface area contributed by atoms with Gasteiger partial charge >= 0.3 is 5.69 Å². The molecule has 1 aromatic carbocycles. The van der Waals surface area contributed by atoms with Crippen molar-refractivity contribution in [3.63, 3.8) is 0 Å². The van der Waals surface area contributed by atoms with Crippen LogP contribution in [0.2, 0.25) is 0 Å². The highest BCUT2D eigenvalue weighted by atomic mass is 16.5. The highest BCUT2D eigenvalue weighted by Gasteiger charge is 2.14. The second-order valence-electron chi connectivity index (χ2n) is 6.47. The molecule has 26 heavy (non-hydrogen) atoms. The average molecular weight is 362 g/mol. The Morgan fingerprint density at radius 2 is 1.88 bits per heavy atom. The van der Waals surface area contributed by atoms with Crippen LogP contribution in [0.3, 0.4) is 0 Å². The first kappa shape index (κ1) is 18.6. The zero-order valence-electron chi connectivity index (χ0n) is 15.1. The molecule has 1 fully saturated rings. The topological polar surface area (TPSA) is 91.7 Å². The Morgan fingerprint density at radius 1 is 1.12 bits per heavy atom. The molecular weight excluding hydrogens is 336 g/mol. The summed E-state index contributed by atoms with van der Waals surface area (Å²) in [4.78, 5) is 27.9. The van der Waals surface area contributed by atoms with Gasteiger partial charge in [-0.1, -0.05) is 0 Å². The number of benzene rings is 1. The molecule has 0 aliphatic carbocycles. The molecule has 142 valence electrons. The van der Waals surface area contributed by atoms with Gasteiger partial charge in [-0.15, -0.1) is 0 Å². The molecule has 0 bridgehead atoms. The van der Waals surface area contributed by atoms with Crippen molar-refractivity contribution in [1.82, 2.24) is 14.0 Å². The third-order valence-electron chi connectivity index (χ3n) is 4.73. The van der Waals surface area contributed by atoms with Crippen LogP contribution in [0.25, 0.3) is 10.9 Å². The molecule has 0 saturated carbocycles. The van der Waals surface area contributed by atoms with Crippen LogP contribution in [0.5, 0.6) is 0 Å². The minimum atomic E-state index is -0.321. The van der Waals surface area contributed by atoms with Gasteiger partial charge in [0.25, 0.3) is 5.56 Å². The molecule has 1 aromatic heterocycles. The molecule has 0 unspecified atom stereocenters. The number of nitrogens with zero attached hydrogens (tertiary/aromatic N) is 3. The van der Waals surface area contributed by atoms with Crippen LogP contribution in [-0.4, -0.2) is 60.6 Å². The van der Waals surface area contributed by atoms with Gasteiger partial charge in [-0.25, -0.2) is 4.79 Å². The number of aryl methyl sites for hydroxylation is 1. The third kappa shape index (κ3) is 3.98. The molecule has 8 nitrogen and oxygen atoms in total. The van der Waals surface area contributed by atoms with Gasteiger partial charge in [0.05, 0.1) is 37.3 Å². The van der Waals surface area contributed by atoms with Crippen LogP contribution in [0.1, 0.15) is 6.42 Å². The summed E-state index contributed by atoms with van der Waals surface area (Å²) in [6.45, 7) is 5.31. The lowest BCUT2D eigenvalue weighted by atomic mass is 10.2. The minimum Gasteiger partial charge on any atom is -0.399 e. The van der Waals surface area contributed by atoms with E-state index in [1.165, 1.54) is 4.57 Å². The van der Waals surface area contributed by atoms with Crippen molar-refractivity contribution in [2.24, 2.45) is 0 Å². The van der Waals surface area contributed by atoms with Crippen molar-refractivity contribution in [2.75, 3.05) is 52.3 Å². The standard InChI is InChI=1S/C18H26N4O4/c1-25-10-9-22-17(23)15-13-14(19)3-4-16(15)21(18(22)24)6-2-5-20-7-11-26-12-8-20/h3-4,13H,2,5-12,19H2,1H3. The maximum absolute atomic E-state index is 12.9. The zero-order chi connectivity index (χ0) is 18.5. The van der Waals surface area contributed by atoms with Crippen LogP contribution >= 0.6 is 0 Å². The van der Waals surface area contributed by atoms with Gasteiger partial charge in [0, 0.05) is 39.0 Å². The Kier molecular flexibility index (Phi) is 6.08. The van der Waals surface area contributed by atoms with Crippen LogP contribution in [-0.2, 0) is 22.6 Å². The van der Waals surface area contributed by atoms with Crippen LogP contribution in [0.15, 0.2) is 27.8 Å². The van der Waals surface area contributed by atoms with Gasteiger partial charge < -0.3 is 15.2 Å². The number of fused-ring (bicyclic) bond motifs is 1. The number of ether oxygens (including phenoxy) is 2. The van der Waals surface area contributed by atoms with Crippen molar-refractivity contribution in [1.29, 1.82) is 0 Å². The first-order valence-electron chi connectivity index (χ1n) is 8.93. The van der Waals surface area contributed by atoms with E-state index in [0.29, 0.717) is 29.7 Å². The highest BCUT2D eigenvalue weighted by Crippen LogP contribution is 2.13. The van der Waals surface area contributed by atoms with Gasteiger partial charge in [-0.3, -0.25) is 18.8 Å². The molecule has 0 amide bonds. The van der Waals surface area contributed by atoms with Crippen LogP contribution in [0, 0.1) is 0 Å². The van der Waals surface area contributed by atoms with Crippen molar-refractivity contribution in [3.05, 3.63) is 39.0 Å². The molecular formula is C18H26N4O4. The Hall–Kier alpha value is -2.16. The van der Waals surface area contributed by atoms with E-state index in [0.717, 1.165) is 39.3 Å². The monoisotopic (exact) mass is 362 g/mol. The summed E-state index contributed by atoms with van der Waals surface area (Å²) in [6.07, 6.45) is 0.821. The molecule has 1 saturated heterocycles. The predicted octanol–water partition coefficient (Wildman–Crippen LogP) is 0.114. The number of aromatic nitrogens is 2. The molecule has 1 aliphatic heterocycles. The quantitative estimate of drug-likeness (QED) is 0.703. The summed E-state index contributed by atoms with van der Waals surface area (Å²) in [5.74, 6) is 0. The smallest absolute Gasteiger partial charge is 0.331 e. The summed E-state index contributed by atoms with van der Waals surface area (Å²) in [6, 6.07) is 5.11. The molecule has 2 aromatic rings. The third-order valence-corrected chi connectivity index (χ3v) is 4.73. The Labute approximate surface area is 151 Å². The van der Waals surface area contributed by atoms with Crippen molar-refractivity contribution < 1.29 is 9.47 Å². The summed E-state index contributed by atoms with van der Waals surface area (Å²) in [5.41, 5.74) is 6.37. The summed E-state index contributed by atoms with van der Waals surface area (Å²) >= 11 is 0. The Bertz CT molecular complexity index is 868. The number of anilines is 1. The molecule has 8 heteroatoms. The fraction of sp³-hybridized carbons (Fsp3) is 0.556. The van der Waals surface area contributed by atoms with Crippen LogP contribution in [0.4, 0.5) is 5.69 Å². The molecule has 0 atom stereocenters. The number of hydrogen-bond acceptors (Lipinski definition) is 6. The average Bonchev–Trinajstić information content (AvgIpc) is 2.65. The number of rotatable bonds is 7. The van der Waals surface area contributed by atoms with Gasteiger partial charge in [0.15, 0.2) is 0 Å². The SMILES string of the molecule is COCCn1c(=O)c2cc(N)ccc2n(CCCN2CCOCC2)c1=O. The maximum atomic E-state index is 12.9. The summed E-state index contributed by atoms with van der Waals surface area (Å²) in [7, 11) is 1.55. The van der Waals surface area contributed by atoms with Crippen molar-refractivity contribution in [3.8, 4) is 0 Å². The zero-order valence-corrected chi connectivity index (χ0v) is 15.1. The molecule has 0 radical (unpaired) electrons. The molecule has 2 heterocycles. The van der Waals surface area contributed by atoms with Gasteiger partial charge in [-0.05, 0) is 24.6 Å². The van der Waals surface area contributed by atoms with E-state index in [1.807, 2.05) is 0 Å². The predicted molar refractivity (Wildman–Crippen MR) is 101 cm³/mol. The van der Waals surface area contributed by atoms with E-state index in [-0.39, 0.29) is 17.8 Å². The van der Waals surface area contributed by atoms with E-state index in [1.54, 1.807) is 29.9 Å². The van der Waals surface area contributed by atoms with Gasteiger partial charge in [-0.2, -0.15) is 0 Å². The molecule has 1 aliphatic rings. The van der Waals surface area contributed by atoms with E-state index >= 15 is 0 Å². The Morgan fingerprint density at radius 3 is 2.62 bits per heavy atom. The lowest BCUT2D eigenvalue weighted by molar-refractivity contribution is 0.0369. The highest BCUT2D eigenvalue weighted by molar-refractivity contribution is 5.81. The lowest BCUT2D eigenvalue weighted by Crippen LogP contribution is -2.42. The first-order chi connectivity index (χ1) is 12.6. The van der Waals surface area contributed by atoms with E-state index < -0.39 is 0 Å². The normalized spacial score (nSPS) is 15.6. The number of hydrogen-bond donors (Lipinski definition) is 1. The number of nitrogen functional groups attached to an aromatic ring is 1. The van der Waals surface area contributed by atoms with Gasteiger partial charge in [0.2, 0.25) is 0 Å². The second-order valence-corrected chi connectivity index (χ2v) is 6.47. The van der Waals surface area contributed by atoms with Crippen molar-refractivity contribution in [2.45, 2.75) is 19.5 Å². The fourth-order valence-corrected chi connectivity index (χ4v) is 3.31.